The van der Waals surface area contributed by atoms with Gasteiger partial charge in [-0.1, -0.05) is 72.3 Å². The van der Waals surface area contributed by atoms with Crippen molar-refractivity contribution in [1.82, 2.24) is 0 Å². The minimum atomic E-state index is 0.286. The summed E-state index contributed by atoms with van der Waals surface area (Å²) < 4.78 is 0. The number of rotatable bonds is 6. The quantitative estimate of drug-likeness (QED) is 0.576. The summed E-state index contributed by atoms with van der Waals surface area (Å²) >= 11 is 5.97. The van der Waals surface area contributed by atoms with Crippen LogP contribution < -0.4 is 5.32 Å². The van der Waals surface area contributed by atoms with Crippen LogP contribution in [0.4, 0.5) is 5.69 Å². The molecule has 2 heteroatoms. The lowest BCUT2D eigenvalue weighted by molar-refractivity contribution is 0.693. The van der Waals surface area contributed by atoms with Crippen molar-refractivity contribution >= 4 is 17.3 Å². The molecule has 0 saturated heterocycles. The van der Waals surface area contributed by atoms with Gasteiger partial charge in [0.1, 0.15) is 0 Å². The molecule has 3 aromatic rings. The number of para-hydroxylation sites is 1. The number of benzene rings is 3. The summed E-state index contributed by atoms with van der Waals surface area (Å²) in [5, 5.41) is 4.44. The van der Waals surface area contributed by atoms with Gasteiger partial charge in [0.15, 0.2) is 0 Å². The van der Waals surface area contributed by atoms with Crippen LogP contribution in [-0.4, -0.2) is 0 Å². The Morgan fingerprint density at radius 2 is 1.35 bits per heavy atom. The summed E-state index contributed by atoms with van der Waals surface area (Å²) in [5.74, 6) is 0. The van der Waals surface area contributed by atoms with E-state index in [1.807, 2.05) is 18.2 Å². The highest BCUT2D eigenvalue weighted by Gasteiger charge is 2.11. The van der Waals surface area contributed by atoms with Crippen LogP contribution in [0.2, 0.25) is 5.02 Å². The highest BCUT2D eigenvalue weighted by molar-refractivity contribution is 6.30. The molecule has 3 rings (SSSR count). The normalized spacial score (nSPS) is 11.9. The summed E-state index contributed by atoms with van der Waals surface area (Å²) in [6, 6.07) is 29.4. The van der Waals surface area contributed by atoms with E-state index < -0.39 is 0 Å². The SMILES string of the molecule is Clc1ccc(CC[C@H](Nc2ccccc2)c2ccccc2)cc1. The zero-order chi connectivity index (χ0) is 15.9. The van der Waals surface area contributed by atoms with Crippen molar-refractivity contribution in [1.29, 1.82) is 0 Å². The van der Waals surface area contributed by atoms with Gasteiger partial charge in [-0.05, 0) is 48.2 Å². The Labute approximate surface area is 142 Å². The van der Waals surface area contributed by atoms with Gasteiger partial charge in [0.25, 0.3) is 0 Å². The molecule has 0 aliphatic heterocycles. The van der Waals surface area contributed by atoms with Gasteiger partial charge in [0, 0.05) is 10.7 Å². The molecule has 0 aromatic heterocycles. The van der Waals surface area contributed by atoms with Crippen molar-refractivity contribution in [3.8, 4) is 0 Å². The van der Waals surface area contributed by atoms with Gasteiger partial charge in [-0.3, -0.25) is 0 Å². The molecular weight excluding hydrogens is 302 g/mol. The lowest BCUT2D eigenvalue weighted by atomic mass is 9.98. The summed E-state index contributed by atoms with van der Waals surface area (Å²) in [6.07, 6.45) is 2.04. The number of nitrogens with one attached hydrogen (secondary N) is 1. The number of anilines is 1. The van der Waals surface area contributed by atoms with E-state index in [1.54, 1.807) is 0 Å². The van der Waals surface area contributed by atoms with Crippen LogP contribution in [-0.2, 0) is 6.42 Å². The molecule has 0 unspecified atom stereocenters. The summed E-state index contributed by atoms with van der Waals surface area (Å²) in [6.45, 7) is 0. The molecule has 1 nitrogen and oxygen atoms in total. The minimum Gasteiger partial charge on any atom is -0.378 e. The zero-order valence-electron chi connectivity index (χ0n) is 13.0. The third-order valence-corrected chi connectivity index (χ3v) is 4.20. The smallest absolute Gasteiger partial charge is 0.0517 e. The molecule has 0 aliphatic rings. The van der Waals surface area contributed by atoms with Gasteiger partial charge < -0.3 is 5.32 Å². The van der Waals surface area contributed by atoms with Crippen LogP contribution in [0.5, 0.6) is 0 Å². The standard InChI is InChI=1S/C21H20ClN/c22-19-14-11-17(12-15-19)13-16-21(18-7-3-1-4-8-18)23-20-9-5-2-6-10-20/h1-12,14-15,21,23H,13,16H2/t21-/m0/s1. The second kappa shape index (κ2) is 7.85. The third kappa shape index (κ3) is 4.61. The first-order chi connectivity index (χ1) is 11.3. The predicted molar refractivity (Wildman–Crippen MR) is 99.0 cm³/mol. The Kier molecular flexibility index (Phi) is 5.33. The molecule has 0 bridgehead atoms. The summed E-state index contributed by atoms with van der Waals surface area (Å²) in [4.78, 5) is 0. The average molecular weight is 322 g/mol. The second-order valence-corrected chi connectivity index (χ2v) is 6.08. The number of hydrogen-bond donors (Lipinski definition) is 1. The first-order valence-electron chi connectivity index (χ1n) is 7.92. The van der Waals surface area contributed by atoms with Crippen molar-refractivity contribution in [3.05, 3.63) is 101 Å². The number of halogens is 1. The van der Waals surface area contributed by atoms with Crippen molar-refractivity contribution in [2.24, 2.45) is 0 Å². The first-order valence-corrected chi connectivity index (χ1v) is 8.30. The predicted octanol–water partition coefficient (Wildman–Crippen LogP) is 6.13. The monoisotopic (exact) mass is 321 g/mol. The molecule has 0 aliphatic carbocycles. The van der Waals surface area contributed by atoms with Crippen molar-refractivity contribution in [2.45, 2.75) is 18.9 Å². The van der Waals surface area contributed by atoms with Gasteiger partial charge in [-0.25, -0.2) is 0 Å². The van der Waals surface area contributed by atoms with Crippen LogP contribution >= 0.6 is 11.6 Å². The minimum absolute atomic E-state index is 0.286. The molecule has 0 fully saturated rings. The topological polar surface area (TPSA) is 12.0 Å². The first kappa shape index (κ1) is 15.6. The fraction of sp³-hybridized carbons (Fsp3) is 0.143. The molecule has 116 valence electrons. The molecule has 3 aromatic carbocycles. The maximum Gasteiger partial charge on any atom is 0.0517 e. The molecule has 0 spiro atoms. The van der Waals surface area contributed by atoms with Gasteiger partial charge in [-0.2, -0.15) is 0 Å². The average Bonchev–Trinajstić information content (AvgIpc) is 2.61. The van der Waals surface area contributed by atoms with E-state index >= 15 is 0 Å². The summed E-state index contributed by atoms with van der Waals surface area (Å²) in [5.41, 5.74) is 3.77. The lowest BCUT2D eigenvalue weighted by Crippen LogP contribution is -2.11. The molecule has 23 heavy (non-hydrogen) atoms. The molecule has 0 saturated carbocycles. The number of aryl methyl sites for hydroxylation is 1. The van der Waals surface area contributed by atoms with E-state index in [0.29, 0.717) is 0 Å². The zero-order valence-corrected chi connectivity index (χ0v) is 13.7. The molecule has 0 heterocycles. The Balaban J connectivity index is 1.74. The van der Waals surface area contributed by atoms with Gasteiger partial charge in [0.05, 0.1) is 6.04 Å². The van der Waals surface area contributed by atoms with E-state index in [9.17, 15) is 0 Å². The molecule has 1 N–H and O–H groups in total. The largest absolute Gasteiger partial charge is 0.378 e. The second-order valence-electron chi connectivity index (χ2n) is 5.64. The summed E-state index contributed by atoms with van der Waals surface area (Å²) in [7, 11) is 0. The van der Waals surface area contributed by atoms with Crippen LogP contribution in [0.1, 0.15) is 23.6 Å². The highest BCUT2D eigenvalue weighted by Crippen LogP contribution is 2.24. The van der Waals surface area contributed by atoms with Crippen LogP contribution in [0.15, 0.2) is 84.9 Å². The fourth-order valence-electron chi connectivity index (χ4n) is 2.71. The van der Waals surface area contributed by atoms with Crippen LogP contribution in [0.25, 0.3) is 0 Å². The van der Waals surface area contributed by atoms with Gasteiger partial charge in [-0.15, -0.1) is 0 Å². The van der Waals surface area contributed by atoms with E-state index in [4.69, 9.17) is 11.6 Å². The van der Waals surface area contributed by atoms with Crippen LogP contribution in [0.3, 0.4) is 0 Å². The number of hydrogen-bond acceptors (Lipinski definition) is 1. The Hall–Kier alpha value is -2.25. The molecular formula is C21H20ClN. The van der Waals surface area contributed by atoms with E-state index in [-0.39, 0.29) is 6.04 Å². The lowest BCUT2D eigenvalue weighted by Gasteiger charge is -2.20. The van der Waals surface area contributed by atoms with E-state index in [1.165, 1.54) is 11.1 Å². The van der Waals surface area contributed by atoms with E-state index in [0.717, 1.165) is 23.6 Å². The fourth-order valence-corrected chi connectivity index (χ4v) is 2.83. The Bertz CT molecular complexity index is 708. The van der Waals surface area contributed by atoms with Crippen molar-refractivity contribution < 1.29 is 0 Å². The molecule has 0 amide bonds. The molecule has 1 atom stereocenters. The van der Waals surface area contributed by atoms with Gasteiger partial charge >= 0.3 is 0 Å². The maximum absolute atomic E-state index is 5.97. The van der Waals surface area contributed by atoms with E-state index in [2.05, 4.69) is 72.0 Å². The van der Waals surface area contributed by atoms with Crippen molar-refractivity contribution in [3.63, 3.8) is 0 Å². The Morgan fingerprint density at radius 1 is 0.739 bits per heavy atom. The van der Waals surface area contributed by atoms with Gasteiger partial charge in [0.2, 0.25) is 0 Å². The van der Waals surface area contributed by atoms with Crippen molar-refractivity contribution in [2.75, 3.05) is 5.32 Å². The van der Waals surface area contributed by atoms with Crippen LogP contribution in [0, 0.1) is 0 Å². The maximum atomic E-state index is 5.97. The molecule has 0 radical (unpaired) electrons. The highest BCUT2D eigenvalue weighted by atomic mass is 35.5. The third-order valence-electron chi connectivity index (χ3n) is 3.95. The Morgan fingerprint density at radius 3 is 2.00 bits per heavy atom.